The molecule has 2 rings (SSSR count). The number of aryl methyl sites for hydroxylation is 1. The zero-order valence-corrected chi connectivity index (χ0v) is 13.7. The van der Waals surface area contributed by atoms with Gasteiger partial charge in [-0.2, -0.15) is 0 Å². The Labute approximate surface area is 143 Å². The maximum Gasteiger partial charge on any atom is 0.276 e. The monoisotopic (exact) mass is 352 g/mol. The van der Waals surface area contributed by atoms with Gasteiger partial charge in [-0.25, -0.2) is 0 Å². The average molecular weight is 353 g/mol. The van der Waals surface area contributed by atoms with E-state index in [1.165, 1.54) is 0 Å². The number of amides is 2. The van der Waals surface area contributed by atoms with Gasteiger partial charge in [-0.1, -0.05) is 35.3 Å². The number of hydrazine groups is 1. The zero-order valence-electron chi connectivity index (χ0n) is 12.2. The summed E-state index contributed by atoms with van der Waals surface area (Å²) < 4.78 is 5.32. The number of carbonyl (C=O) groups excluding carboxylic acids is 2. The fraction of sp³-hybridized carbons (Fsp3) is 0.125. The number of ether oxygens (including phenoxy) is 1. The van der Waals surface area contributed by atoms with Crippen LogP contribution in [0.15, 0.2) is 42.5 Å². The first-order valence-corrected chi connectivity index (χ1v) is 7.45. The summed E-state index contributed by atoms with van der Waals surface area (Å²) in [6, 6.07) is 11.6. The van der Waals surface area contributed by atoms with Crippen molar-refractivity contribution in [3.05, 3.63) is 63.6 Å². The number of hydrogen-bond acceptors (Lipinski definition) is 3. The smallest absolute Gasteiger partial charge is 0.276 e. The summed E-state index contributed by atoms with van der Waals surface area (Å²) in [6.45, 7) is 1.59. The summed E-state index contributed by atoms with van der Waals surface area (Å²) in [7, 11) is 0. The average Bonchev–Trinajstić information content (AvgIpc) is 2.54. The highest BCUT2D eigenvalue weighted by Crippen LogP contribution is 2.20. The van der Waals surface area contributed by atoms with Crippen molar-refractivity contribution in [3.8, 4) is 5.75 Å². The van der Waals surface area contributed by atoms with E-state index in [-0.39, 0.29) is 12.2 Å². The molecule has 0 aromatic heterocycles. The Bertz CT molecular complexity index is 735. The predicted molar refractivity (Wildman–Crippen MR) is 88.7 cm³/mol. The molecule has 0 fully saturated rings. The first-order chi connectivity index (χ1) is 11.0. The molecule has 0 aliphatic carbocycles. The molecule has 5 nitrogen and oxygen atoms in total. The first-order valence-electron chi connectivity index (χ1n) is 6.70. The van der Waals surface area contributed by atoms with E-state index in [0.717, 1.165) is 5.56 Å². The zero-order chi connectivity index (χ0) is 16.8. The number of benzene rings is 2. The standard InChI is InChI=1S/C16H14Cl2N2O3/c1-10-8-11(6-7-13(10)17)23-9-15(21)19-20-16(22)12-4-2-3-5-14(12)18/h2-8H,9H2,1H3,(H,19,21)(H,20,22). The maximum atomic E-state index is 11.9. The van der Waals surface area contributed by atoms with E-state index >= 15 is 0 Å². The van der Waals surface area contributed by atoms with E-state index in [9.17, 15) is 9.59 Å². The number of hydrogen-bond donors (Lipinski definition) is 2. The lowest BCUT2D eigenvalue weighted by Gasteiger charge is -2.10. The first kappa shape index (κ1) is 17.1. The van der Waals surface area contributed by atoms with Crippen LogP contribution in [0, 0.1) is 6.92 Å². The van der Waals surface area contributed by atoms with Crippen LogP contribution in [0.4, 0.5) is 0 Å². The van der Waals surface area contributed by atoms with Crippen LogP contribution in [0.2, 0.25) is 10.0 Å². The Kier molecular flexibility index (Phi) is 5.84. The normalized spacial score (nSPS) is 10.0. The number of carbonyl (C=O) groups is 2. The van der Waals surface area contributed by atoms with Crippen LogP contribution < -0.4 is 15.6 Å². The van der Waals surface area contributed by atoms with Gasteiger partial charge in [-0.3, -0.25) is 20.4 Å². The number of halogens is 2. The molecule has 0 radical (unpaired) electrons. The van der Waals surface area contributed by atoms with Gasteiger partial charge in [0, 0.05) is 5.02 Å². The van der Waals surface area contributed by atoms with Gasteiger partial charge < -0.3 is 4.74 Å². The van der Waals surface area contributed by atoms with Crippen molar-refractivity contribution in [1.29, 1.82) is 0 Å². The second kappa shape index (κ2) is 7.85. The molecule has 2 aromatic carbocycles. The summed E-state index contributed by atoms with van der Waals surface area (Å²) in [4.78, 5) is 23.5. The molecule has 0 saturated carbocycles. The van der Waals surface area contributed by atoms with Crippen LogP contribution in [-0.4, -0.2) is 18.4 Å². The molecule has 0 saturated heterocycles. The lowest BCUT2D eigenvalue weighted by atomic mass is 10.2. The molecular formula is C16H14Cl2N2O3. The molecule has 2 amide bonds. The largest absolute Gasteiger partial charge is 0.484 e. The van der Waals surface area contributed by atoms with Gasteiger partial charge >= 0.3 is 0 Å². The number of nitrogens with one attached hydrogen (secondary N) is 2. The third-order valence-corrected chi connectivity index (χ3v) is 3.69. The molecule has 0 spiro atoms. The quantitative estimate of drug-likeness (QED) is 0.830. The Morgan fingerprint density at radius 1 is 1.04 bits per heavy atom. The SMILES string of the molecule is Cc1cc(OCC(=O)NNC(=O)c2ccccc2Cl)ccc1Cl. The molecule has 23 heavy (non-hydrogen) atoms. The summed E-state index contributed by atoms with van der Waals surface area (Å²) in [6.07, 6.45) is 0. The van der Waals surface area contributed by atoms with E-state index in [1.54, 1.807) is 42.5 Å². The minimum atomic E-state index is -0.508. The molecule has 2 N–H and O–H groups in total. The van der Waals surface area contributed by atoms with Crippen molar-refractivity contribution in [3.63, 3.8) is 0 Å². The van der Waals surface area contributed by atoms with E-state index in [0.29, 0.717) is 15.8 Å². The molecule has 0 aliphatic rings. The minimum absolute atomic E-state index is 0.246. The molecule has 0 unspecified atom stereocenters. The molecule has 0 atom stereocenters. The van der Waals surface area contributed by atoms with Crippen LogP contribution in [0.1, 0.15) is 15.9 Å². The molecular weight excluding hydrogens is 339 g/mol. The van der Waals surface area contributed by atoms with Gasteiger partial charge in [0.25, 0.3) is 11.8 Å². The second-order valence-electron chi connectivity index (χ2n) is 4.68. The van der Waals surface area contributed by atoms with Crippen molar-refractivity contribution in [2.75, 3.05) is 6.61 Å². The molecule has 7 heteroatoms. The molecule has 2 aromatic rings. The van der Waals surface area contributed by atoms with Crippen molar-refractivity contribution in [2.45, 2.75) is 6.92 Å². The second-order valence-corrected chi connectivity index (χ2v) is 5.50. The van der Waals surface area contributed by atoms with Gasteiger partial charge in [0.2, 0.25) is 0 Å². The molecule has 120 valence electrons. The minimum Gasteiger partial charge on any atom is -0.484 e. The van der Waals surface area contributed by atoms with Crippen molar-refractivity contribution >= 4 is 35.0 Å². The van der Waals surface area contributed by atoms with Gasteiger partial charge in [-0.05, 0) is 42.8 Å². The maximum absolute atomic E-state index is 11.9. The summed E-state index contributed by atoms with van der Waals surface area (Å²) in [5.41, 5.74) is 5.64. The van der Waals surface area contributed by atoms with Gasteiger partial charge in [0.1, 0.15) is 5.75 Å². The van der Waals surface area contributed by atoms with E-state index in [1.807, 2.05) is 6.92 Å². The molecule has 0 aliphatic heterocycles. The lowest BCUT2D eigenvalue weighted by Crippen LogP contribution is -2.43. The van der Waals surface area contributed by atoms with Crippen LogP contribution in [-0.2, 0) is 4.79 Å². The third-order valence-electron chi connectivity index (χ3n) is 2.93. The van der Waals surface area contributed by atoms with Crippen LogP contribution >= 0.6 is 23.2 Å². The predicted octanol–water partition coefficient (Wildman–Crippen LogP) is 3.14. The summed E-state index contributed by atoms with van der Waals surface area (Å²) in [5, 5.41) is 0.918. The van der Waals surface area contributed by atoms with Gasteiger partial charge in [0.15, 0.2) is 6.61 Å². The topological polar surface area (TPSA) is 67.4 Å². The van der Waals surface area contributed by atoms with E-state index in [2.05, 4.69) is 10.9 Å². The van der Waals surface area contributed by atoms with Crippen molar-refractivity contribution in [1.82, 2.24) is 10.9 Å². The van der Waals surface area contributed by atoms with E-state index in [4.69, 9.17) is 27.9 Å². The summed E-state index contributed by atoms with van der Waals surface area (Å²) >= 11 is 11.8. The molecule has 0 bridgehead atoms. The van der Waals surface area contributed by atoms with Crippen LogP contribution in [0.3, 0.4) is 0 Å². The van der Waals surface area contributed by atoms with E-state index < -0.39 is 11.8 Å². The fourth-order valence-electron chi connectivity index (χ4n) is 1.73. The Morgan fingerprint density at radius 3 is 2.48 bits per heavy atom. The summed E-state index contributed by atoms with van der Waals surface area (Å²) in [5.74, 6) is -0.497. The number of rotatable bonds is 4. The Hall–Kier alpha value is -2.24. The van der Waals surface area contributed by atoms with Crippen LogP contribution in [0.5, 0.6) is 5.75 Å². The van der Waals surface area contributed by atoms with Crippen molar-refractivity contribution < 1.29 is 14.3 Å². The van der Waals surface area contributed by atoms with Gasteiger partial charge in [-0.15, -0.1) is 0 Å². The third kappa shape index (κ3) is 4.87. The van der Waals surface area contributed by atoms with Crippen molar-refractivity contribution in [2.24, 2.45) is 0 Å². The Balaban J connectivity index is 1.82. The lowest BCUT2D eigenvalue weighted by molar-refractivity contribution is -0.123. The fourth-order valence-corrected chi connectivity index (χ4v) is 2.07. The van der Waals surface area contributed by atoms with Crippen LogP contribution in [0.25, 0.3) is 0 Å². The highest BCUT2D eigenvalue weighted by molar-refractivity contribution is 6.33. The molecule has 0 heterocycles. The highest BCUT2D eigenvalue weighted by Gasteiger charge is 2.11. The highest BCUT2D eigenvalue weighted by atomic mass is 35.5. The Morgan fingerprint density at radius 2 is 1.78 bits per heavy atom. The van der Waals surface area contributed by atoms with Gasteiger partial charge in [0.05, 0.1) is 10.6 Å².